The summed E-state index contributed by atoms with van der Waals surface area (Å²) in [6.07, 6.45) is 4.90. The van der Waals surface area contributed by atoms with E-state index in [0.29, 0.717) is 6.04 Å². The van der Waals surface area contributed by atoms with Crippen molar-refractivity contribution >= 4 is 17.6 Å². The molecule has 1 aliphatic heterocycles. The zero-order valence-corrected chi connectivity index (χ0v) is 9.75. The molecule has 82 valence electrons. The Morgan fingerprint density at radius 3 is 3.07 bits per heavy atom. The van der Waals surface area contributed by atoms with Crippen LogP contribution < -0.4 is 5.32 Å². The van der Waals surface area contributed by atoms with Crippen molar-refractivity contribution in [3.05, 3.63) is 12.4 Å². The third-order valence-corrected chi connectivity index (χ3v) is 3.20. The number of thioether (sulfide) groups is 1. The number of nitrogens with zero attached hydrogens (tertiary/aromatic N) is 2. The number of hydrogen-bond acceptors (Lipinski definition) is 5. The second-order valence-electron chi connectivity index (χ2n) is 3.56. The van der Waals surface area contributed by atoms with Crippen molar-refractivity contribution in [1.29, 1.82) is 0 Å². The van der Waals surface area contributed by atoms with Gasteiger partial charge in [-0.1, -0.05) is 0 Å². The topological polar surface area (TPSA) is 47.0 Å². The van der Waals surface area contributed by atoms with E-state index in [-0.39, 0.29) is 6.10 Å². The van der Waals surface area contributed by atoms with Gasteiger partial charge in [0.1, 0.15) is 17.2 Å². The van der Waals surface area contributed by atoms with Gasteiger partial charge in [0.2, 0.25) is 0 Å². The fraction of sp³-hybridized carbons (Fsp3) is 0.600. The molecule has 2 unspecified atom stereocenters. The van der Waals surface area contributed by atoms with Crippen LogP contribution in [0.25, 0.3) is 0 Å². The van der Waals surface area contributed by atoms with Gasteiger partial charge in [-0.3, -0.25) is 0 Å². The molecule has 0 saturated carbocycles. The first-order valence-electron chi connectivity index (χ1n) is 5.04. The molecule has 1 aliphatic rings. The van der Waals surface area contributed by atoms with Crippen LogP contribution in [-0.2, 0) is 4.74 Å². The summed E-state index contributed by atoms with van der Waals surface area (Å²) in [7, 11) is 0. The SMILES string of the molecule is CSc1cc(NC2CCOC2C)ncn1. The molecule has 0 aromatic carbocycles. The van der Waals surface area contributed by atoms with Crippen LogP contribution >= 0.6 is 11.8 Å². The third-order valence-electron chi connectivity index (χ3n) is 2.56. The Labute approximate surface area is 93.8 Å². The van der Waals surface area contributed by atoms with E-state index in [9.17, 15) is 0 Å². The van der Waals surface area contributed by atoms with E-state index in [1.165, 1.54) is 0 Å². The van der Waals surface area contributed by atoms with Crippen LogP contribution in [0.15, 0.2) is 17.4 Å². The Morgan fingerprint density at radius 2 is 2.40 bits per heavy atom. The van der Waals surface area contributed by atoms with E-state index in [1.54, 1.807) is 18.1 Å². The monoisotopic (exact) mass is 225 g/mol. The minimum absolute atomic E-state index is 0.262. The molecule has 0 spiro atoms. The van der Waals surface area contributed by atoms with Crippen molar-refractivity contribution in [1.82, 2.24) is 9.97 Å². The smallest absolute Gasteiger partial charge is 0.130 e. The molecule has 1 aromatic rings. The molecule has 15 heavy (non-hydrogen) atoms. The number of hydrogen-bond donors (Lipinski definition) is 1. The molecule has 1 saturated heterocycles. The second-order valence-corrected chi connectivity index (χ2v) is 4.39. The largest absolute Gasteiger partial charge is 0.376 e. The van der Waals surface area contributed by atoms with E-state index in [4.69, 9.17) is 4.74 Å². The van der Waals surface area contributed by atoms with Gasteiger partial charge >= 0.3 is 0 Å². The van der Waals surface area contributed by atoms with Crippen molar-refractivity contribution in [2.45, 2.75) is 30.5 Å². The lowest BCUT2D eigenvalue weighted by atomic mass is 10.1. The highest BCUT2D eigenvalue weighted by atomic mass is 32.2. The van der Waals surface area contributed by atoms with Gasteiger partial charge in [-0.2, -0.15) is 0 Å². The maximum absolute atomic E-state index is 5.48. The number of nitrogens with one attached hydrogen (secondary N) is 1. The van der Waals surface area contributed by atoms with E-state index >= 15 is 0 Å². The summed E-state index contributed by atoms with van der Waals surface area (Å²) in [6.45, 7) is 2.92. The molecule has 5 heteroatoms. The fourth-order valence-corrected chi connectivity index (χ4v) is 2.02. The minimum Gasteiger partial charge on any atom is -0.376 e. The summed E-state index contributed by atoms with van der Waals surface area (Å²) in [6, 6.07) is 2.34. The molecule has 4 nitrogen and oxygen atoms in total. The molecule has 2 rings (SSSR count). The lowest BCUT2D eigenvalue weighted by Gasteiger charge is -2.16. The van der Waals surface area contributed by atoms with Crippen molar-refractivity contribution in [3.8, 4) is 0 Å². The summed E-state index contributed by atoms with van der Waals surface area (Å²) in [5.74, 6) is 0.886. The van der Waals surface area contributed by atoms with Gasteiger partial charge in [0, 0.05) is 12.7 Å². The summed E-state index contributed by atoms with van der Waals surface area (Å²) in [5, 5.41) is 4.36. The molecule has 0 radical (unpaired) electrons. The molecule has 2 heterocycles. The lowest BCUT2D eigenvalue weighted by molar-refractivity contribution is 0.121. The summed E-state index contributed by atoms with van der Waals surface area (Å²) >= 11 is 1.62. The summed E-state index contributed by atoms with van der Waals surface area (Å²) in [5.41, 5.74) is 0. The van der Waals surface area contributed by atoms with Gasteiger partial charge in [0.15, 0.2) is 0 Å². The Hall–Kier alpha value is -0.810. The Balaban J connectivity index is 2.03. The zero-order valence-electron chi connectivity index (χ0n) is 8.93. The molecule has 0 amide bonds. The highest BCUT2D eigenvalue weighted by molar-refractivity contribution is 7.98. The van der Waals surface area contributed by atoms with Crippen LogP contribution in [-0.4, -0.2) is 35.0 Å². The van der Waals surface area contributed by atoms with Crippen molar-refractivity contribution < 1.29 is 4.74 Å². The van der Waals surface area contributed by atoms with Gasteiger partial charge in [-0.05, 0) is 19.6 Å². The lowest BCUT2D eigenvalue weighted by Crippen LogP contribution is -2.27. The van der Waals surface area contributed by atoms with Crippen LogP contribution in [0.1, 0.15) is 13.3 Å². The van der Waals surface area contributed by atoms with E-state index in [0.717, 1.165) is 23.9 Å². The standard InChI is InChI=1S/C10H15N3OS/c1-7-8(3-4-14-7)13-9-5-10(15-2)12-6-11-9/h5-8H,3-4H2,1-2H3,(H,11,12,13). The number of aromatic nitrogens is 2. The summed E-state index contributed by atoms with van der Waals surface area (Å²) in [4.78, 5) is 8.33. The van der Waals surface area contributed by atoms with Crippen LogP contribution in [0.4, 0.5) is 5.82 Å². The molecular formula is C10H15N3OS. The molecule has 1 aromatic heterocycles. The minimum atomic E-state index is 0.262. The summed E-state index contributed by atoms with van der Waals surface area (Å²) < 4.78 is 5.48. The second kappa shape index (κ2) is 4.81. The van der Waals surface area contributed by atoms with E-state index in [2.05, 4.69) is 22.2 Å². The van der Waals surface area contributed by atoms with Gasteiger partial charge in [0.25, 0.3) is 0 Å². The zero-order chi connectivity index (χ0) is 10.7. The first-order valence-corrected chi connectivity index (χ1v) is 6.26. The quantitative estimate of drug-likeness (QED) is 0.627. The van der Waals surface area contributed by atoms with Crippen LogP contribution in [0.5, 0.6) is 0 Å². The maximum Gasteiger partial charge on any atom is 0.130 e. The van der Waals surface area contributed by atoms with Gasteiger partial charge in [-0.25, -0.2) is 9.97 Å². The molecular weight excluding hydrogens is 210 g/mol. The average Bonchev–Trinajstić information content (AvgIpc) is 2.65. The normalized spacial score (nSPS) is 25.5. The number of anilines is 1. The number of ether oxygens (including phenoxy) is 1. The highest BCUT2D eigenvalue weighted by Crippen LogP contribution is 2.19. The molecule has 2 atom stereocenters. The Bertz CT molecular complexity index is 334. The van der Waals surface area contributed by atoms with Crippen molar-refractivity contribution in [2.24, 2.45) is 0 Å². The molecule has 0 aliphatic carbocycles. The van der Waals surface area contributed by atoms with Gasteiger partial charge in [0.05, 0.1) is 12.1 Å². The highest BCUT2D eigenvalue weighted by Gasteiger charge is 2.24. The first kappa shape index (κ1) is 10.7. The predicted molar refractivity (Wildman–Crippen MR) is 61.3 cm³/mol. The Kier molecular flexibility index (Phi) is 3.43. The Morgan fingerprint density at radius 1 is 1.53 bits per heavy atom. The first-order chi connectivity index (χ1) is 7.29. The van der Waals surface area contributed by atoms with Crippen LogP contribution in [0.2, 0.25) is 0 Å². The molecule has 0 bridgehead atoms. The van der Waals surface area contributed by atoms with Crippen LogP contribution in [0.3, 0.4) is 0 Å². The van der Waals surface area contributed by atoms with Gasteiger partial charge < -0.3 is 10.1 Å². The maximum atomic E-state index is 5.48. The van der Waals surface area contributed by atoms with E-state index in [1.807, 2.05) is 12.3 Å². The van der Waals surface area contributed by atoms with Crippen molar-refractivity contribution in [3.63, 3.8) is 0 Å². The fourth-order valence-electron chi connectivity index (χ4n) is 1.64. The predicted octanol–water partition coefficient (Wildman–Crippen LogP) is 1.79. The molecule has 1 fully saturated rings. The number of rotatable bonds is 3. The van der Waals surface area contributed by atoms with E-state index < -0.39 is 0 Å². The average molecular weight is 225 g/mol. The van der Waals surface area contributed by atoms with Gasteiger partial charge in [-0.15, -0.1) is 11.8 Å². The van der Waals surface area contributed by atoms with Crippen LogP contribution in [0, 0.1) is 0 Å². The van der Waals surface area contributed by atoms with Crippen molar-refractivity contribution in [2.75, 3.05) is 18.2 Å². The third kappa shape index (κ3) is 2.60. The molecule has 1 N–H and O–H groups in total.